The third kappa shape index (κ3) is 4.63. The summed E-state index contributed by atoms with van der Waals surface area (Å²) >= 11 is 1.55. The SMILES string of the molecule is OCC[O][Ti]. The monoisotopic (exact) mass is 109 g/mol. The van der Waals surface area contributed by atoms with E-state index in [2.05, 4.69) is 3.32 Å². The fourth-order valence-electron chi connectivity index (χ4n) is 0.0456. The van der Waals surface area contributed by atoms with Crippen molar-refractivity contribution in [2.75, 3.05) is 13.2 Å². The van der Waals surface area contributed by atoms with Crippen molar-refractivity contribution in [1.29, 1.82) is 0 Å². The van der Waals surface area contributed by atoms with Gasteiger partial charge in [-0.1, -0.05) is 0 Å². The molecule has 2 nitrogen and oxygen atoms in total. The predicted molar refractivity (Wildman–Crippen MR) is 13.0 cm³/mol. The Bertz CT molecular complexity index is 15.1. The summed E-state index contributed by atoms with van der Waals surface area (Å²) in [6, 6.07) is 0. The Balaban J connectivity index is 2.19. The number of hydrogen-bond donors (Lipinski definition) is 1. The van der Waals surface area contributed by atoms with Crippen molar-refractivity contribution < 1.29 is 29.2 Å². The molecule has 3 heteroatoms. The summed E-state index contributed by atoms with van der Waals surface area (Å²) in [7, 11) is 0. The molecular formula is C2H5O2Ti. The second kappa shape index (κ2) is 4.63. The van der Waals surface area contributed by atoms with E-state index in [1.165, 1.54) is 0 Å². The normalized spacial score (nSPS) is 8.00. The molecular weight excluding hydrogens is 104 g/mol. The third-order valence-corrected chi connectivity index (χ3v) is 0.512. The maximum atomic E-state index is 7.94. The van der Waals surface area contributed by atoms with E-state index in [1.807, 2.05) is 0 Å². The summed E-state index contributed by atoms with van der Waals surface area (Å²) < 4.78 is 4.44. The van der Waals surface area contributed by atoms with Crippen LogP contribution in [0.2, 0.25) is 0 Å². The first kappa shape index (κ1) is 5.63. The van der Waals surface area contributed by atoms with Gasteiger partial charge in [0.05, 0.1) is 0 Å². The molecule has 1 N–H and O–H groups in total. The van der Waals surface area contributed by atoms with Gasteiger partial charge in [-0.15, -0.1) is 0 Å². The zero-order chi connectivity index (χ0) is 4.12. The van der Waals surface area contributed by atoms with E-state index in [0.29, 0.717) is 6.61 Å². The van der Waals surface area contributed by atoms with Crippen molar-refractivity contribution in [2.24, 2.45) is 0 Å². The van der Waals surface area contributed by atoms with Crippen LogP contribution in [-0.4, -0.2) is 18.3 Å². The predicted octanol–water partition coefficient (Wildman–Crippen LogP) is -0.543. The van der Waals surface area contributed by atoms with Crippen LogP contribution in [0.5, 0.6) is 0 Å². The maximum absolute atomic E-state index is 7.94. The summed E-state index contributed by atoms with van der Waals surface area (Å²) in [6.45, 7) is 0.566. The molecule has 0 aliphatic carbocycles. The molecule has 0 bridgehead atoms. The second-order valence-electron chi connectivity index (χ2n) is 0.572. The van der Waals surface area contributed by atoms with E-state index < -0.39 is 0 Å². The Morgan fingerprint density at radius 3 is 2.40 bits per heavy atom. The molecule has 29 valence electrons. The van der Waals surface area contributed by atoms with Gasteiger partial charge in [0, 0.05) is 0 Å². The first-order valence-electron chi connectivity index (χ1n) is 1.31. The molecule has 0 aromatic carbocycles. The molecule has 0 atom stereocenters. The van der Waals surface area contributed by atoms with Gasteiger partial charge < -0.3 is 0 Å². The van der Waals surface area contributed by atoms with Crippen LogP contribution >= 0.6 is 0 Å². The van der Waals surface area contributed by atoms with Crippen molar-refractivity contribution in [1.82, 2.24) is 0 Å². The quantitative estimate of drug-likeness (QED) is 0.482. The Morgan fingerprint density at radius 2 is 2.40 bits per heavy atom. The average molecular weight is 109 g/mol. The molecule has 0 rings (SSSR count). The van der Waals surface area contributed by atoms with Crippen LogP contribution in [-0.2, 0) is 24.1 Å². The molecule has 0 saturated heterocycles. The minimum absolute atomic E-state index is 0.122. The van der Waals surface area contributed by atoms with Gasteiger partial charge in [0.15, 0.2) is 0 Å². The van der Waals surface area contributed by atoms with Crippen LogP contribution in [0.3, 0.4) is 0 Å². The number of rotatable bonds is 2. The molecule has 0 aliphatic heterocycles. The molecule has 5 heavy (non-hydrogen) atoms. The summed E-state index contributed by atoms with van der Waals surface area (Å²) in [5.41, 5.74) is 0. The van der Waals surface area contributed by atoms with Crippen molar-refractivity contribution in [2.45, 2.75) is 0 Å². The number of aliphatic hydroxyl groups is 1. The Hall–Kier alpha value is 0.634. The zero-order valence-electron chi connectivity index (χ0n) is 2.77. The van der Waals surface area contributed by atoms with E-state index in [9.17, 15) is 0 Å². The van der Waals surface area contributed by atoms with Crippen LogP contribution in [0.4, 0.5) is 0 Å². The molecule has 0 fully saturated rings. The number of hydrogen-bond acceptors (Lipinski definition) is 2. The van der Waals surface area contributed by atoms with Gasteiger partial charge >= 0.3 is 42.5 Å². The topological polar surface area (TPSA) is 29.5 Å². The van der Waals surface area contributed by atoms with Gasteiger partial charge in [-0.2, -0.15) is 0 Å². The summed E-state index contributed by atoms with van der Waals surface area (Å²) in [6.07, 6.45) is 0. The zero-order valence-corrected chi connectivity index (χ0v) is 4.33. The molecule has 0 aliphatic rings. The van der Waals surface area contributed by atoms with E-state index in [0.717, 1.165) is 0 Å². The first-order chi connectivity index (χ1) is 2.41. The van der Waals surface area contributed by atoms with Crippen molar-refractivity contribution >= 4 is 0 Å². The average Bonchev–Trinajstić information content (AvgIpc) is 1.41. The molecule has 0 radical (unpaired) electrons. The minimum atomic E-state index is 0.122. The van der Waals surface area contributed by atoms with Crippen LogP contribution in [0, 0.1) is 0 Å². The van der Waals surface area contributed by atoms with Gasteiger partial charge in [-0.05, 0) is 0 Å². The molecule has 0 heterocycles. The van der Waals surface area contributed by atoms with Gasteiger partial charge in [-0.3, -0.25) is 0 Å². The summed E-state index contributed by atoms with van der Waals surface area (Å²) in [5.74, 6) is 0. The van der Waals surface area contributed by atoms with E-state index in [-0.39, 0.29) is 6.61 Å². The van der Waals surface area contributed by atoms with Gasteiger partial charge in [0.25, 0.3) is 0 Å². The van der Waals surface area contributed by atoms with Crippen molar-refractivity contribution in [3.63, 3.8) is 0 Å². The second-order valence-corrected chi connectivity index (χ2v) is 1.02. The van der Waals surface area contributed by atoms with E-state index >= 15 is 0 Å². The fourth-order valence-corrected chi connectivity index (χ4v) is 0.188. The van der Waals surface area contributed by atoms with Crippen LogP contribution < -0.4 is 0 Å². The van der Waals surface area contributed by atoms with E-state index in [1.54, 1.807) is 20.8 Å². The molecule has 0 amide bonds. The molecule has 0 aromatic rings. The number of aliphatic hydroxyl groups excluding tert-OH is 1. The third-order valence-electron chi connectivity index (χ3n) is 0.193. The fraction of sp³-hybridized carbons (Fsp3) is 1.00. The Labute approximate surface area is 43.0 Å². The molecule has 0 spiro atoms. The first-order valence-corrected chi connectivity index (χ1v) is 1.95. The van der Waals surface area contributed by atoms with Crippen molar-refractivity contribution in [3.05, 3.63) is 0 Å². The molecule has 0 saturated carbocycles. The summed E-state index contributed by atoms with van der Waals surface area (Å²) in [5, 5.41) is 7.94. The van der Waals surface area contributed by atoms with Gasteiger partial charge in [-0.25, -0.2) is 0 Å². The van der Waals surface area contributed by atoms with Crippen LogP contribution in [0.15, 0.2) is 0 Å². The summed E-state index contributed by atoms with van der Waals surface area (Å²) in [4.78, 5) is 0. The Kier molecular flexibility index (Phi) is 5.22. The standard InChI is InChI=1S/C2H5O2.Ti/c3-1-2-4;/h3H,1-2H2;/q-1;+1. The molecule has 0 unspecified atom stereocenters. The van der Waals surface area contributed by atoms with Crippen LogP contribution in [0.25, 0.3) is 0 Å². The van der Waals surface area contributed by atoms with Crippen molar-refractivity contribution in [3.8, 4) is 0 Å². The molecule has 0 aromatic heterocycles. The van der Waals surface area contributed by atoms with E-state index in [4.69, 9.17) is 5.11 Å². The van der Waals surface area contributed by atoms with Gasteiger partial charge in [0.2, 0.25) is 0 Å². The van der Waals surface area contributed by atoms with Gasteiger partial charge in [0.1, 0.15) is 0 Å². The van der Waals surface area contributed by atoms with Crippen LogP contribution in [0.1, 0.15) is 0 Å². The Morgan fingerprint density at radius 1 is 1.80 bits per heavy atom.